The van der Waals surface area contributed by atoms with Crippen LogP contribution in [-0.4, -0.2) is 10.8 Å². The minimum Gasteiger partial charge on any atom is -0.463 e. The van der Waals surface area contributed by atoms with Crippen LogP contribution in [0.1, 0.15) is 38.0 Å². The second-order valence-electron chi connectivity index (χ2n) is 5.02. The Labute approximate surface area is 130 Å². The van der Waals surface area contributed by atoms with Gasteiger partial charge in [0.05, 0.1) is 6.26 Å². The third-order valence-electron chi connectivity index (χ3n) is 3.04. The molecule has 0 atom stereocenters. The minimum atomic E-state index is 0.443. The van der Waals surface area contributed by atoms with Crippen molar-refractivity contribution in [2.45, 2.75) is 26.7 Å². The molecule has 5 heteroatoms. The maximum absolute atomic E-state index is 5.25. The maximum Gasteiger partial charge on any atom is 0.191 e. The van der Waals surface area contributed by atoms with Crippen LogP contribution in [-0.2, 0) is 0 Å². The first kappa shape index (κ1) is 15.3. The lowest BCUT2D eigenvalue weighted by atomic mass is 10.0. The fourth-order valence-corrected chi connectivity index (χ4v) is 1.95. The van der Waals surface area contributed by atoms with E-state index in [4.69, 9.17) is 16.6 Å². The highest BCUT2D eigenvalue weighted by Crippen LogP contribution is 2.16. The van der Waals surface area contributed by atoms with Crippen molar-refractivity contribution in [3.8, 4) is 0 Å². The first-order valence-corrected chi connectivity index (χ1v) is 7.22. The van der Waals surface area contributed by atoms with Gasteiger partial charge in [0, 0.05) is 5.69 Å². The summed E-state index contributed by atoms with van der Waals surface area (Å²) in [7, 11) is 0. The highest BCUT2D eigenvalue weighted by molar-refractivity contribution is 7.80. The van der Waals surface area contributed by atoms with Crippen LogP contribution in [0, 0.1) is 0 Å². The Hall–Kier alpha value is -2.14. The Bertz CT molecular complexity index is 615. The molecule has 0 fully saturated rings. The number of hydrazone groups is 1. The van der Waals surface area contributed by atoms with Gasteiger partial charge in [-0.3, -0.25) is 5.43 Å². The Morgan fingerprint density at radius 2 is 1.90 bits per heavy atom. The average molecular weight is 301 g/mol. The van der Waals surface area contributed by atoms with Gasteiger partial charge in [0.1, 0.15) is 11.5 Å². The molecule has 110 valence electrons. The molecular weight excluding hydrogens is 282 g/mol. The molecule has 0 saturated heterocycles. The largest absolute Gasteiger partial charge is 0.463 e. The molecule has 21 heavy (non-hydrogen) atoms. The van der Waals surface area contributed by atoms with Crippen molar-refractivity contribution in [3.05, 3.63) is 54.0 Å². The van der Waals surface area contributed by atoms with E-state index in [2.05, 4.69) is 41.8 Å². The van der Waals surface area contributed by atoms with Gasteiger partial charge in [-0.1, -0.05) is 26.0 Å². The standard InChI is InChI=1S/C16H19N3OS/c1-11(2)13-6-8-14(9-7-13)17-16(21)19-18-12(3)15-5-4-10-20-15/h4-11H,1-3H3,(H2,17,19,21)/b18-12-. The smallest absolute Gasteiger partial charge is 0.191 e. The van der Waals surface area contributed by atoms with E-state index in [1.807, 2.05) is 31.2 Å². The van der Waals surface area contributed by atoms with Crippen molar-refractivity contribution in [2.24, 2.45) is 5.10 Å². The zero-order valence-corrected chi connectivity index (χ0v) is 13.2. The molecule has 2 aromatic rings. The van der Waals surface area contributed by atoms with Gasteiger partial charge in [-0.2, -0.15) is 5.10 Å². The zero-order chi connectivity index (χ0) is 15.2. The first-order valence-electron chi connectivity index (χ1n) is 6.81. The zero-order valence-electron chi connectivity index (χ0n) is 12.4. The van der Waals surface area contributed by atoms with E-state index in [0.29, 0.717) is 16.8 Å². The lowest BCUT2D eigenvalue weighted by molar-refractivity contribution is 0.556. The summed E-state index contributed by atoms with van der Waals surface area (Å²) in [6.07, 6.45) is 1.61. The van der Waals surface area contributed by atoms with Crippen LogP contribution in [0.5, 0.6) is 0 Å². The fourth-order valence-electron chi connectivity index (χ4n) is 1.78. The van der Waals surface area contributed by atoms with Gasteiger partial charge in [0.15, 0.2) is 5.11 Å². The summed E-state index contributed by atoms with van der Waals surface area (Å²) in [5.74, 6) is 1.23. The third kappa shape index (κ3) is 4.43. The number of rotatable bonds is 4. The van der Waals surface area contributed by atoms with Gasteiger partial charge in [-0.05, 0) is 54.9 Å². The number of benzene rings is 1. The van der Waals surface area contributed by atoms with Gasteiger partial charge < -0.3 is 9.73 Å². The number of thiocarbonyl (C=S) groups is 1. The molecule has 0 aliphatic rings. The molecule has 0 aliphatic carbocycles. The Kier molecular flexibility index (Phi) is 5.11. The molecule has 2 N–H and O–H groups in total. The summed E-state index contributed by atoms with van der Waals surface area (Å²) in [5, 5.41) is 7.71. The summed E-state index contributed by atoms with van der Waals surface area (Å²) in [6, 6.07) is 11.9. The van der Waals surface area contributed by atoms with Crippen LogP contribution < -0.4 is 10.7 Å². The molecule has 2 rings (SSSR count). The van der Waals surface area contributed by atoms with Crippen LogP contribution in [0.3, 0.4) is 0 Å². The maximum atomic E-state index is 5.25. The van der Waals surface area contributed by atoms with Gasteiger partial charge in [-0.25, -0.2) is 0 Å². The lowest BCUT2D eigenvalue weighted by Crippen LogP contribution is -2.24. The number of nitrogens with one attached hydrogen (secondary N) is 2. The number of nitrogens with zero attached hydrogens (tertiary/aromatic N) is 1. The number of furan rings is 1. The van der Waals surface area contributed by atoms with Gasteiger partial charge in [-0.15, -0.1) is 0 Å². The number of anilines is 1. The molecule has 0 aliphatic heterocycles. The van der Waals surface area contributed by atoms with Crippen LogP contribution in [0.4, 0.5) is 5.69 Å². The lowest BCUT2D eigenvalue weighted by Gasteiger charge is -2.09. The molecule has 0 radical (unpaired) electrons. The fraction of sp³-hybridized carbons (Fsp3) is 0.250. The second-order valence-corrected chi connectivity index (χ2v) is 5.43. The molecule has 1 aromatic heterocycles. The van der Waals surface area contributed by atoms with E-state index >= 15 is 0 Å². The van der Waals surface area contributed by atoms with Crippen LogP contribution in [0.15, 0.2) is 52.2 Å². The summed E-state index contributed by atoms with van der Waals surface area (Å²) in [5.41, 5.74) is 5.77. The van der Waals surface area contributed by atoms with Crippen molar-refractivity contribution in [2.75, 3.05) is 5.32 Å². The molecule has 0 bridgehead atoms. The van der Waals surface area contributed by atoms with Gasteiger partial charge >= 0.3 is 0 Å². The highest BCUT2D eigenvalue weighted by Gasteiger charge is 2.02. The van der Waals surface area contributed by atoms with Crippen molar-refractivity contribution in [3.63, 3.8) is 0 Å². The van der Waals surface area contributed by atoms with E-state index < -0.39 is 0 Å². The average Bonchev–Trinajstić information content (AvgIpc) is 2.99. The van der Waals surface area contributed by atoms with Crippen molar-refractivity contribution >= 4 is 28.7 Å². The molecule has 0 unspecified atom stereocenters. The molecule has 1 heterocycles. The Balaban J connectivity index is 1.91. The Morgan fingerprint density at radius 3 is 2.48 bits per heavy atom. The van der Waals surface area contributed by atoms with Gasteiger partial charge in [0.2, 0.25) is 0 Å². The molecule has 0 spiro atoms. The Morgan fingerprint density at radius 1 is 1.19 bits per heavy atom. The molecular formula is C16H19N3OS. The van der Waals surface area contributed by atoms with Crippen LogP contribution in [0.2, 0.25) is 0 Å². The molecule has 1 aromatic carbocycles. The summed E-state index contributed by atoms with van der Waals surface area (Å²) in [6.45, 7) is 6.19. The third-order valence-corrected chi connectivity index (χ3v) is 3.23. The predicted octanol–water partition coefficient (Wildman–Crippen LogP) is 4.11. The topological polar surface area (TPSA) is 49.6 Å². The SMILES string of the molecule is C/C(=N/NC(=S)Nc1ccc(C(C)C)cc1)c1ccco1. The molecule has 0 saturated carbocycles. The van der Waals surface area contributed by atoms with Crippen molar-refractivity contribution in [1.82, 2.24) is 5.43 Å². The van der Waals surface area contributed by atoms with E-state index in [9.17, 15) is 0 Å². The molecule has 4 nitrogen and oxygen atoms in total. The van der Waals surface area contributed by atoms with E-state index in [1.54, 1.807) is 6.26 Å². The number of hydrogen-bond donors (Lipinski definition) is 2. The second kappa shape index (κ2) is 7.04. The summed E-state index contributed by atoms with van der Waals surface area (Å²) in [4.78, 5) is 0. The van der Waals surface area contributed by atoms with Crippen LogP contribution >= 0.6 is 12.2 Å². The van der Waals surface area contributed by atoms with E-state index in [1.165, 1.54) is 5.56 Å². The number of hydrogen-bond acceptors (Lipinski definition) is 3. The minimum absolute atomic E-state index is 0.443. The van der Waals surface area contributed by atoms with E-state index in [-0.39, 0.29) is 0 Å². The highest BCUT2D eigenvalue weighted by atomic mass is 32.1. The van der Waals surface area contributed by atoms with Gasteiger partial charge in [0.25, 0.3) is 0 Å². The quantitative estimate of drug-likeness (QED) is 0.507. The normalized spacial score (nSPS) is 11.5. The van der Waals surface area contributed by atoms with Crippen LogP contribution in [0.25, 0.3) is 0 Å². The summed E-state index contributed by atoms with van der Waals surface area (Å²) < 4.78 is 5.25. The van der Waals surface area contributed by atoms with E-state index in [0.717, 1.165) is 11.4 Å². The summed E-state index contributed by atoms with van der Waals surface area (Å²) >= 11 is 5.21. The predicted molar refractivity (Wildman–Crippen MR) is 90.8 cm³/mol. The van der Waals surface area contributed by atoms with Crippen molar-refractivity contribution in [1.29, 1.82) is 0 Å². The molecule has 0 amide bonds. The van der Waals surface area contributed by atoms with Crippen molar-refractivity contribution < 1.29 is 4.42 Å². The monoisotopic (exact) mass is 301 g/mol. The first-order chi connectivity index (χ1) is 10.1.